The lowest BCUT2D eigenvalue weighted by Gasteiger charge is -2.28. The van der Waals surface area contributed by atoms with Crippen LogP contribution >= 0.6 is 0 Å². The molecule has 0 aliphatic carbocycles. The molecule has 0 saturated heterocycles. The van der Waals surface area contributed by atoms with Crippen LogP contribution in [0.1, 0.15) is 15.9 Å². The van der Waals surface area contributed by atoms with E-state index in [1.54, 1.807) is 6.07 Å². The van der Waals surface area contributed by atoms with E-state index in [1.807, 2.05) is 66.7 Å². The number of rotatable bonds is 6. The summed E-state index contributed by atoms with van der Waals surface area (Å²) in [4.78, 5) is 12.7. The Morgan fingerprint density at radius 3 is 2.44 bits per heavy atom. The summed E-state index contributed by atoms with van der Waals surface area (Å²) >= 11 is 0. The van der Waals surface area contributed by atoms with Crippen LogP contribution in [0.5, 0.6) is 0 Å². The summed E-state index contributed by atoms with van der Waals surface area (Å²) < 4.78 is 5.17. The summed E-state index contributed by atoms with van der Waals surface area (Å²) in [5.41, 5.74) is 0.0111. The van der Waals surface area contributed by atoms with Gasteiger partial charge >= 0.3 is 0 Å². The second-order valence-electron chi connectivity index (χ2n) is 6.04. The van der Waals surface area contributed by atoms with Gasteiger partial charge in [-0.3, -0.25) is 4.79 Å². The van der Waals surface area contributed by atoms with Crippen LogP contribution in [0.25, 0.3) is 10.8 Å². The average Bonchev–Trinajstić information content (AvgIpc) is 2.66. The average molecular weight is 335 g/mol. The first kappa shape index (κ1) is 17.1. The number of benzene rings is 3. The number of hydrogen-bond donors (Lipinski definition) is 2. The van der Waals surface area contributed by atoms with Crippen molar-refractivity contribution in [2.75, 3.05) is 20.3 Å². The van der Waals surface area contributed by atoms with Gasteiger partial charge in [-0.15, -0.1) is 0 Å². The third-order valence-electron chi connectivity index (χ3n) is 4.27. The minimum absolute atomic E-state index is 0.0624. The molecular formula is C21H21NO3. The zero-order valence-electron chi connectivity index (χ0n) is 14.1. The molecule has 2 N–H and O–H groups in total. The molecule has 0 heterocycles. The Morgan fingerprint density at radius 1 is 1.00 bits per heavy atom. The standard InChI is InChI=1S/C21H21NO3/c1-25-15-21(24,17-10-3-2-4-11-17)14-22-20(23)19-13-7-9-16-8-5-6-12-18(16)19/h2-13,24H,14-15H2,1H3,(H,22,23). The van der Waals surface area contributed by atoms with Crippen molar-refractivity contribution >= 4 is 16.7 Å². The van der Waals surface area contributed by atoms with Crippen LogP contribution in [0.15, 0.2) is 72.8 Å². The third-order valence-corrected chi connectivity index (χ3v) is 4.27. The highest BCUT2D eigenvalue weighted by molar-refractivity contribution is 6.07. The predicted octanol–water partition coefficient (Wildman–Crippen LogP) is 3.10. The quantitative estimate of drug-likeness (QED) is 0.728. The monoisotopic (exact) mass is 335 g/mol. The van der Waals surface area contributed by atoms with Crippen molar-refractivity contribution in [3.05, 3.63) is 83.9 Å². The fourth-order valence-electron chi connectivity index (χ4n) is 2.97. The van der Waals surface area contributed by atoms with Crippen LogP contribution in [0.2, 0.25) is 0 Å². The van der Waals surface area contributed by atoms with E-state index in [0.717, 1.165) is 10.8 Å². The zero-order valence-corrected chi connectivity index (χ0v) is 14.1. The molecule has 0 saturated carbocycles. The molecule has 0 aliphatic heterocycles. The van der Waals surface area contributed by atoms with E-state index in [1.165, 1.54) is 7.11 Å². The van der Waals surface area contributed by atoms with E-state index < -0.39 is 5.60 Å². The van der Waals surface area contributed by atoms with E-state index in [2.05, 4.69) is 5.32 Å². The fourth-order valence-corrected chi connectivity index (χ4v) is 2.97. The second kappa shape index (κ2) is 7.47. The summed E-state index contributed by atoms with van der Waals surface area (Å²) in [5, 5.41) is 15.7. The van der Waals surface area contributed by atoms with Crippen LogP contribution < -0.4 is 5.32 Å². The Labute approximate surface area is 147 Å². The SMILES string of the molecule is COCC(O)(CNC(=O)c1cccc2ccccc12)c1ccccc1. The molecule has 3 aromatic carbocycles. The zero-order chi connectivity index (χ0) is 17.7. The second-order valence-corrected chi connectivity index (χ2v) is 6.04. The van der Waals surface area contributed by atoms with Crippen molar-refractivity contribution in [3.63, 3.8) is 0 Å². The maximum Gasteiger partial charge on any atom is 0.252 e. The van der Waals surface area contributed by atoms with Crippen LogP contribution in [0.3, 0.4) is 0 Å². The van der Waals surface area contributed by atoms with Gasteiger partial charge in [0.05, 0.1) is 13.2 Å². The van der Waals surface area contributed by atoms with Gasteiger partial charge in [0.2, 0.25) is 0 Å². The summed E-state index contributed by atoms with van der Waals surface area (Å²) in [7, 11) is 1.53. The van der Waals surface area contributed by atoms with Gasteiger partial charge in [-0.25, -0.2) is 0 Å². The van der Waals surface area contributed by atoms with Gasteiger partial charge in [-0.1, -0.05) is 66.7 Å². The predicted molar refractivity (Wildman–Crippen MR) is 98.5 cm³/mol. The van der Waals surface area contributed by atoms with Crippen molar-refractivity contribution in [2.24, 2.45) is 0 Å². The van der Waals surface area contributed by atoms with Crippen molar-refractivity contribution in [1.82, 2.24) is 5.32 Å². The number of nitrogens with one attached hydrogen (secondary N) is 1. The molecule has 25 heavy (non-hydrogen) atoms. The van der Waals surface area contributed by atoms with Crippen molar-refractivity contribution in [2.45, 2.75) is 5.60 Å². The molecule has 0 fully saturated rings. The van der Waals surface area contributed by atoms with Crippen LogP contribution in [0.4, 0.5) is 0 Å². The number of methoxy groups -OCH3 is 1. The van der Waals surface area contributed by atoms with Gasteiger partial charge in [0, 0.05) is 12.7 Å². The molecule has 1 unspecified atom stereocenters. The molecule has 0 radical (unpaired) electrons. The van der Waals surface area contributed by atoms with E-state index in [0.29, 0.717) is 11.1 Å². The van der Waals surface area contributed by atoms with Crippen LogP contribution in [0, 0.1) is 0 Å². The topological polar surface area (TPSA) is 58.6 Å². The highest BCUT2D eigenvalue weighted by Crippen LogP contribution is 2.22. The molecule has 1 atom stereocenters. The Hall–Kier alpha value is -2.69. The number of fused-ring (bicyclic) bond motifs is 1. The molecule has 0 aliphatic rings. The highest BCUT2D eigenvalue weighted by atomic mass is 16.5. The number of amides is 1. The number of ether oxygens (including phenoxy) is 1. The smallest absolute Gasteiger partial charge is 0.252 e. The Bertz CT molecular complexity index is 858. The molecule has 128 valence electrons. The lowest BCUT2D eigenvalue weighted by atomic mass is 9.94. The summed E-state index contributed by atoms with van der Waals surface area (Å²) in [5.74, 6) is -0.220. The van der Waals surface area contributed by atoms with E-state index in [9.17, 15) is 9.90 Å². The van der Waals surface area contributed by atoms with Crippen LogP contribution in [-0.4, -0.2) is 31.3 Å². The minimum Gasteiger partial charge on any atom is -0.381 e. The van der Waals surface area contributed by atoms with Gasteiger partial charge in [0.25, 0.3) is 5.91 Å². The third kappa shape index (κ3) is 3.71. The molecule has 0 bridgehead atoms. The number of hydrogen-bond acceptors (Lipinski definition) is 3. The summed E-state index contributed by atoms with van der Waals surface area (Å²) in [6, 6.07) is 22.6. The fraction of sp³-hybridized carbons (Fsp3) is 0.190. The molecule has 4 heteroatoms. The molecule has 1 amide bonds. The highest BCUT2D eigenvalue weighted by Gasteiger charge is 2.30. The van der Waals surface area contributed by atoms with Crippen molar-refractivity contribution in [3.8, 4) is 0 Å². The lowest BCUT2D eigenvalue weighted by molar-refractivity contribution is -0.0334. The van der Waals surface area contributed by atoms with Gasteiger partial charge in [-0.05, 0) is 22.4 Å². The Balaban J connectivity index is 1.82. The maximum atomic E-state index is 12.7. The Morgan fingerprint density at radius 2 is 1.68 bits per heavy atom. The van der Waals surface area contributed by atoms with Crippen molar-refractivity contribution < 1.29 is 14.6 Å². The Kier molecular flexibility index (Phi) is 5.12. The largest absolute Gasteiger partial charge is 0.381 e. The van der Waals surface area contributed by atoms with Gasteiger partial charge < -0.3 is 15.2 Å². The minimum atomic E-state index is -1.28. The molecule has 4 nitrogen and oxygen atoms in total. The maximum absolute atomic E-state index is 12.7. The van der Waals surface area contributed by atoms with Crippen molar-refractivity contribution in [1.29, 1.82) is 0 Å². The molecule has 0 aromatic heterocycles. The molecule has 3 aromatic rings. The normalized spacial score (nSPS) is 13.4. The van der Waals surface area contributed by atoms with Gasteiger partial charge in [-0.2, -0.15) is 0 Å². The summed E-state index contributed by atoms with van der Waals surface area (Å²) in [6.45, 7) is 0.153. The van der Waals surface area contributed by atoms with Crippen LogP contribution in [-0.2, 0) is 10.3 Å². The lowest BCUT2D eigenvalue weighted by Crippen LogP contribution is -2.44. The number of aliphatic hydroxyl groups is 1. The molecular weight excluding hydrogens is 314 g/mol. The summed E-state index contributed by atoms with van der Waals surface area (Å²) in [6.07, 6.45) is 0. The van der Waals surface area contributed by atoms with Gasteiger partial charge in [0.15, 0.2) is 0 Å². The van der Waals surface area contributed by atoms with Gasteiger partial charge in [0.1, 0.15) is 5.60 Å². The van der Waals surface area contributed by atoms with E-state index in [4.69, 9.17) is 4.74 Å². The number of carbonyl (C=O) groups excluding carboxylic acids is 1. The molecule has 0 spiro atoms. The van der Waals surface area contributed by atoms with E-state index in [-0.39, 0.29) is 19.1 Å². The first-order valence-corrected chi connectivity index (χ1v) is 8.17. The first-order valence-electron chi connectivity index (χ1n) is 8.17. The first-order chi connectivity index (χ1) is 12.1. The van der Waals surface area contributed by atoms with E-state index >= 15 is 0 Å². The number of carbonyl (C=O) groups is 1. The molecule has 3 rings (SSSR count).